The van der Waals surface area contributed by atoms with Crippen molar-refractivity contribution in [2.45, 2.75) is 30.8 Å². The number of amides is 2. The first-order valence-electron chi connectivity index (χ1n) is 15.3. The van der Waals surface area contributed by atoms with Gasteiger partial charge in [-0.3, -0.25) is 9.59 Å². The number of hydrogen-bond acceptors (Lipinski definition) is 6. The molecule has 0 spiro atoms. The van der Waals surface area contributed by atoms with Crippen molar-refractivity contribution in [1.82, 2.24) is 14.5 Å². The summed E-state index contributed by atoms with van der Waals surface area (Å²) in [6, 6.07) is 29.8. The van der Waals surface area contributed by atoms with E-state index in [0.29, 0.717) is 30.9 Å². The molecule has 1 fully saturated rings. The quantitative estimate of drug-likeness (QED) is 0.239. The second kappa shape index (κ2) is 15.2. The average molecular weight is 642 g/mol. The van der Waals surface area contributed by atoms with Crippen LogP contribution in [0.1, 0.15) is 38.7 Å². The third kappa shape index (κ3) is 8.00. The molecule has 2 amide bonds. The number of rotatable bonds is 12. The molecule has 1 heterocycles. The van der Waals surface area contributed by atoms with Crippen molar-refractivity contribution in [3.8, 4) is 5.75 Å². The molecule has 5 rings (SSSR count). The van der Waals surface area contributed by atoms with E-state index in [0.717, 1.165) is 16.7 Å². The van der Waals surface area contributed by atoms with Gasteiger partial charge in [0.2, 0.25) is 15.9 Å². The van der Waals surface area contributed by atoms with Crippen molar-refractivity contribution < 1.29 is 27.5 Å². The Morgan fingerprint density at radius 3 is 2.15 bits per heavy atom. The molecule has 0 bridgehead atoms. The minimum Gasteiger partial charge on any atom is -0.497 e. The summed E-state index contributed by atoms with van der Waals surface area (Å²) in [5.41, 5.74) is 3.89. The Morgan fingerprint density at radius 1 is 0.870 bits per heavy atom. The Kier molecular flexibility index (Phi) is 10.8. The maximum atomic E-state index is 14.3. The van der Waals surface area contributed by atoms with Gasteiger partial charge in [0, 0.05) is 31.7 Å². The van der Waals surface area contributed by atoms with E-state index in [1.165, 1.54) is 28.6 Å². The monoisotopic (exact) mass is 641 g/mol. The van der Waals surface area contributed by atoms with Crippen molar-refractivity contribution in [2.75, 3.05) is 40.0 Å². The van der Waals surface area contributed by atoms with Crippen LogP contribution in [-0.2, 0) is 32.5 Å². The van der Waals surface area contributed by atoms with Gasteiger partial charge in [-0.1, -0.05) is 72.3 Å². The van der Waals surface area contributed by atoms with Gasteiger partial charge in [0.05, 0.1) is 25.2 Å². The second-order valence-electron chi connectivity index (χ2n) is 11.2. The largest absolute Gasteiger partial charge is 0.497 e. The molecule has 4 aromatic carbocycles. The fraction of sp³-hybridized carbons (Fsp3) is 0.278. The number of benzene rings is 4. The molecule has 4 aromatic rings. The van der Waals surface area contributed by atoms with E-state index in [1.807, 2.05) is 85.8 Å². The highest BCUT2D eigenvalue weighted by Crippen LogP contribution is 2.26. The van der Waals surface area contributed by atoms with Gasteiger partial charge in [0.15, 0.2) is 0 Å². The molecule has 1 saturated heterocycles. The Hall–Kier alpha value is -4.51. The molecule has 0 aliphatic carbocycles. The maximum absolute atomic E-state index is 14.3. The fourth-order valence-corrected chi connectivity index (χ4v) is 6.77. The molecule has 46 heavy (non-hydrogen) atoms. The third-order valence-corrected chi connectivity index (χ3v) is 9.95. The molecule has 1 atom stereocenters. The minimum atomic E-state index is -3.73. The van der Waals surface area contributed by atoms with E-state index < -0.39 is 16.1 Å². The molecule has 240 valence electrons. The van der Waals surface area contributed by atoms with Crippen LogP contribution in [0.25, 0.3) is 0 Å². The summed E-state index contributed by atoms with van der Waals surface area (Å²) in [4.78, 5) is 30.0. The number of aryl methyl sites for hydroxylation is 1. The number of morpholine rings is 1. The predicted octanol–water partition coefficient (Wildman–Crippen LogP) is 4.77. The lowest BCUT2D eigenvalue weighted by molar-refractivity contribution is -0.126. The van der Waals surface area contributed by atoms with Gasteiger partial charge in [-0.05, 0) is 66.4 Å². The average Bonchev–Trinajstić information content (AvgIpc) is 3.10. The van der Waals surface area contributed by atoms with Crippen LogP contribution < -0.4 is 10.1 Å². The first kappa shape index (κ1) is 32.9. The van der Waals surface area contributed by atoms with E-state index >= 15 is 0 Å². The van der Waals surface area contributed by atoms with Crippen molar-refractivity contribution in [2.24, 2.45) is 0 Å². The van der Waals surface area contributed by atoms with Crippen LogP contribution in [0.5, 0.6) is 5.75 Å². The molecule has 9 nitrogen and oxygen atoms in total. The maximum Gasteiger partial charge on any atom is 0.254 e. The standard InChI is InChI=1S/C36H39N3O6S/c1-27-8-12-30(13-9-27)34(35(40)37-26-29-10-16-32(44-2)17-11-29)39(21-20-28-6-4-3-5-7-28)36(41)31-14-18-33(19-15-31)46(42,43)38-22-24-45-25-23-38/h3-19,34H,20-26H2,1-2H3,(H,37,40)/t34-/m1/s1. The van der Waals surface area contributed by atoms with Gasteiger partial charge >= 0.3 is 0 Å². The van der Waals surface area contributed by atoms with Crippen molar-refractivity contribution >= 4 is 21.8 Å². The van der Waals surface area contributed by atoms with Crippen LogP contribution in [0.15, 0.2) is 108 Å². The molecule has 0 unspecified atom stereocenters. The first-order chi connectivity index (χ1) is 22.3. The lowest BCUT2D eigenvalue weighted by Crippen LogP contribution is -2.44. The third-order valence-electron chi connectivity index (χ3n) is 8.03. The number of nitrogens with one attached hydrogen (secondary N) is 1. The summed E-state index contributed by atoms with van der Waals surface area (Å²) < 4.78 is 38.4. The summed E-state index contributed by atoms with van der Waals surface area (Å²) in [5, 5.41) is 3.03. The zero-order chi connectivity index (χ0) is 32.5. The number of hydrogen-bond donors (Lipinski definition) is 1. The van der Waals surface area contributed by atoms with Gasteiger partial charge in [0.25, 0.3) is 5.91 Å². The molecule has 1 N–H and O–H groups in total. The molecular weight excluding hydrogens is 602 g/mol. The Labute approximate surface area is 270 Å². The Morgan fingerprint density at radius 2 is 1.52 bits per heavy atom. The van der Waals surface area contributed by atoms with Gasteiger partial charge in [0.1, 0.15) is 11.8 Å². The SMILES string of the molecule is COc1ccc(CNC(=O)[C@@H](c2ccc(C)cc2)N(CCc2ccccc2)C(=O)c2ccc(S(=O)(=O)N3CCOCC3)cc2)cc1. The Balaban J connectivity index is 1.46. The highest BCUT2D eigenvalue weighted by molar-refractivity contribution is 7.89. The number of carbonyl (C=O) groups is 2. The first-order valence-corrected chi connectivity index (χ1v) is 16.7. The molecule has 0 saturated carbocycles. The number of ether oxygens (including phenoxy) is 2. The van der Waals surface area contributed by atoms with Crippen molar-refractivity contribution in [1.29, 1.82) is 0 Å². The molecular formula is C36H39N3O6S. The number of sulfonamides is 1. The van der Waals surface area contributed by atoms with E-state index in [2.05, 4.69) is 5.32 Å². The van der Waals surface area contributed by atoms with Gasteiger partial charge in [-0.25, -0.2) is 8.42 Å². The molecule has 0 radical (unpaired) electrons. The number of methoxy groups -OCH3 is 1. The molecule has 1 aliphatic rings. The van der Waals surface area contributed by atoms with Crippen molar-refractivity contribution in [3.05, 3.63) is 131 Å². The summed E-state index contributed by atoms with van der Waals surface area (Å²) in [7, 11) is -2.13. The highest BCUT2D eigenvalue weighted by Gasteiger charge is 2.33. The topological polar surface area (TPSA) is 105 Å². The minimum absolute atomic E-state index is 0.106. The molecule has 10 heteroatoms. The van der Waals surface area contributed by atoms with E-state index in [4.69, 9.17) is 9.47 Å². The van der Waals surface area contributed by atoms with E-state index in [9.17, 15) is 18.0 Å². The molecule has 0 aromatic heterocycles. The van der Waals surface area contributed by atoms with Crippen LogP contribution >= 0.6 is 0 Å². The zero-order valence-electron chi connectivity index (χ0n) is 26.1. The fourth-order valence-electron chi connectivity index (χ4n) is 5.36. The van der Waals surface area contributed by atoms with Gasteiger partial charge in [-0.15, -0.1) is 0 Å². The second-order valence-corrected chi connectivity index (χ2v) is 13.1. The zero-order valence-corrected chi connectivity index (χ0v) is 26.9. The van der Waals surface area contributed by atoms with Crippen LogP contribution in [0.4, 0.5) is 0 Å². The van der Waals surface area contributed by atoms with Crippen molar-refractivity contribution in [3.63, 3.8) is 0 Å². The van der Waals surface area contributed by atoms with Crippen LogP contribution in [-0.4, -0.2) is 69.4 Å². The number of nitrogens with zero attached hydrogens (tertiary/aromatic N) is 2. The summed E-state index contributed by atoms with van der Waals surface area (Å²) in [6.07, 6.45) is 0.518. The van der Waals surface area contributed by atoms with Crippen LogP contribution in [0, 0.1) is 6.92 Å². The Bertz CT molecular complexity index is 1700. The van der Waals surface area contributed by atoms with Crippen LogP contribution in [0.2, 0.25) is 0 Å². The van der Waals surface area contributed by atoms with Gasteiger partial charge < -0.3 is 19.7 Å². The smallest absolute Gasteiger partial charge is 0.254 e. The highest BCUT2D eigenvalue weighted by atomic mass is 32.2. The lowest BCUT2D eigenvalue weighted by Gasteiger charge is -2.32. The predicted molar refractivity (Wildman–Crippen MR) is 176 cm³/mol. The van der Waals surface area contributed by atoms with E-state index in [1.54, 1.807) is 12.0 Å². The van der Waals surface area contributed by atoms with Gasteiger partial charge in [-0.2, -0.15) is 4.31 Å². The van der Waals surface area contributed by atoms with E-state index in [-0.39, 0.29) is 48.5 Å². The summed E-state index contributed by atoms with van der Waals surface area (Å²) in [5.74, 6) is 0.0121. The molecule has 1 aliphatic heterocycles. The summed E-state index contributed by atoms with van der Waals surface area (Å²) >= 11 is 0. The van der Waals surface area contributed by atoms with Crippen LogP contribution in [0.3, 0.4) is 0 Å². The summed E-state index contributed by atoms with van der Waals surface area (Å²) in [6.45, 7) is 3.72. The lowest BCUT2D eigenvalue weighted by atomic mass is 10.00. The normalized spacial score (nSPS) is 14.3. The number of carbonyl (C=O) groups excluding carboxylic acids is 2.